The molecule has 1 N–H and O–H groups in total. The first kappa shape index (κ1) is 11.4. The van der Waals surface area contributed by atoms with Crippen LogP contribution in [0.25, 0.3) is 0 Å². The van der Waals surface area contributed by atoms with Crippen LogP contribution >= 0.6 is 0 Å². The fourth-order valence-corrected chi connectivity index (χ4v) is 2.62. The maximum absolute atomic E-state index is 3.33. The summed E-state index contributed by atoms with van der Waals surface area (Å²) < 4.78 is 0. The molecule has 15 heavy (non-hydrogen) atoms. The van der Waals surface area contributed by atoms with Gasteiger partial charge in [-0.2, -0.15) is 0 Å². The van der Waals surface area contributed by atoms with Crippen LogP contribution in [-0.4, -0.2) is 61.7 Å². The molecule has 0 amide bonds. The van der Waals surface area contributed by atoms with E-state index in [1.165, 1.54) is 32.4 Å². The standard InChI is InChI=1S/C12H25N3/c1-10-6-7-15(11-4-5-11)9-12(8-13-2)14(10)3/h10-13H,4-9H2,1-3H3. The highest BCUT2D eigenvalue weighted by molar-refractivity contribution is 4.91. The van der Waals surface area contributed by atoms with Crippen LogP contribution < -0.4 is 5.32 Å². The first-order valence-electron chi connectivity index (χ1n) is 6.33. The van der Waals surface area contributed by atoms with Gasteiger partial charge in [0, 0.05) is 31.2 Å². The van der Waals surface area contributed by atoms with Crippen molar-refractivity contribution < 1.29 is 0 Å². The van der Waals surface area contributed by atoms with Gasteiger partial charge in [-0.3, -0.25) is 9.80 Å². The third-order valence-electron chi connectivity index (χ3n) is 4.05. The van der Waals surface area contributed by atoms with Gasteiger partial charge in [0.05, 0.1) is 0 Å². The number of likely N-dealkylation sites (N-methyl/N-ethyl adjacent to an activating group) is 2. The van der Waals surface area contributed by atoms with Gasteiger partial charge in [0.1, 0.15) is 0 Å². The Bertz CT molecular complexity index is 203. The maximum atomic E-state index is 3.33. The predicted octanol–water partition coefficient (Wildman–Crippen LogP) is 0.763. The lowest BCUT2D eigenvalue weighted by Gasteiger charge is -2.31. The summed E-state index contributed by atoms with van der Waals surface area (Å²) in [7, 11) is 4.34. The zero-order valence-corrected chi connectivity index (χ0v) is 10.4. The smallest absolute Gasteiger partial charge is 0.0347 e. The van der Waals surface area contributed by atoms with Gasteiger partial charge in [0.15, 0.2) is 0 Å². The molecule has 1 saturated heterocycles. The molecule has 0 spiro atoms. The highest BCUT2D eigenvalue weighted by Crippen LogP contribution is 2.29. The summed E-state index contributed by atoms with van der Waals surface area (Å²) in [6.07, 6.45) is 4.20. The molecule has 1 saturated carbocycles. The summed E-state index contributed by atoms with van der Waals surface area (Å²) in [4.78, 5) is 5.26. The van der Waals surface area contributed by atoms with Gasteiger partial charge < -0.3 is 5.32 Å². The molecule has 0 radical (unpaired) electrons. The monoisotopic (exact) mass is 211 g/mol. The largest absolute Gasteiger partial charge is 0.318 e. The Morgan fingerprint density at radius 3 is 2.60 bits per heavy atom. The summed E-state index contributed by atoms with van der Waals surface area (Å²) >= 11 is 0. The van der Waals surface area contributed by atoms with Gasteiger partial charge in [0.25, 0.3) is 0 Å². The first-order valence-corrected chi connectivity index (χ1v) is 6.33. The summed E-state index contributed by atoms with van der Waals surface area (Å²) in [6, 6.07) is 2.34. The van der Waals surface area contributed by atoms with Crippen LogP contribution in [0.5, 0.6) is 0 Å². The van der Waals surface area contributed by atoms with Crippen molar-refractivity contribution in [3.63, 3.8) is 0 Å². The van der Waals surface area contributed by atoms with Crippen molar-refractivity contribution in [2.45, 2.75) is 44.3 Å². The van der Waals surface area contributed by atoms with Gasteiger partial charge in [-0.25, -0.2) is 0 Å². The molecule has 0 aromatic carbocycles. The fraction of sp³-hybridized carbons (Fsp3) is 1.00. The molecular weight excluding hydrogens is 186 g/mol. The molecule has 3 heteroatoms. The van der Waals surface area contributed by atoms with Crippen molar-refractivity contribution in [2.24, 2.45) is 0 Å². The molecule has 0 aromatic rings. The molecule has 88 valence electrons. The van der Waals surface area contributed by atoms with E-state index in [1.807, 2.05) is 0 Å². The highest BCUT2D eigenvalue weighted by atomic mass is 15.3. The Hall–Kier alpha value is -0.120. The van der Waals surface area contributed by atoms with Crippen LogP contribution in [0.4, 0.5) is 0 Å². The topological polar surface area (TPSA) is 18.5 Å². The molecule has 3 nitrogen and oxygen atoms in total. The number of hydrogen-bond acceptors (Lipinski definition) is 3. The predicted molar refractivity (Wildman–Crippen MR) is 64.2 cm³/mol. The van der Waals surface area contributed by atoms with Crippen molar-refractivity contribution >= 4 is 0 Å². The molecule has 2 atom stereocenters. The number of hydrogen-bond donors (Lipinski definition) is 1. The van der Waals surface area contributed by atoms with Gasteiger partial charge in [-0.1, -0.05) is 0 Å². The second-order valence-electron chi connectivity index (χ2n) is 5.24. The van der Waals surface area contributed by atoms with Crippen LogP contribution in [0.3, 0.4) is 0 Å². The number of nitrogens with one attached hydrogen (secondary N) is 1. The number of nitrogens with zero attached hydrogens (tertiary/aromatic N) is 2. The molecule has 0 bridgehead atoms. The van der Waals surface area contributed by atoms with Gasteiger partial charge >= 0.3 is 0 Å². The maximum Gasteiger partial charge on any atom is 0.0347 e. The third kappa shape index (κ3) is 2.71. The van der Waals surface area contributed by atoms with Crippen LogP contribution in [0, 0.1) is 0 Å². The Kier molecular flexibility index (Phi) is 3.65. The van der Waals surface area contributed by atoms with Gasteiger partial charge in [0.2, 0.25) is 0 Å². The zero-order valence-electron chi connectivity index (χ0n) is 10.4. The SMILES string of the molecule is CNCC1CN(C2CC2)CCC(C)N1C. The molecule has 1 aliphatic carbocycles. The zero-order chi connectivity index (χ0) is 10.8. The third-order valence-corrected chi connectivity index (χ3v) is 4.05. The van der Waals surface area contributed by atoms with Crippen molar-refractivity contribution in [3.8, 4) is 0 Å². The molecule has 2 unspecified atom stereocenters. The summed E-state index contributed by atoms with van der Waals surface area (Å²) in [5.74, 6) is 0. The van der Waals surface area contributed by atoms with Crippen molar-refractivity contribution in [3.05, 3.63) is 0 Å². The van der Waals surface area contributed by atoms with E-state index in [2.05, 4.69) is 36.1 Å². The molecule has 2 fully saturated rings. The van der Waals surface area contributed by atoms with E-state index in [9.17, 15) is 0 Å². The van der Waals surface area contributed by atoms with E-state index in [-0.39, 0.29) is 0 Å². The molecule has 2 aliphatic rings. The molecular formula is C12H25N3. The second-order valence-corrected chi connectivity index (χ2v) is 5.24. The van der Waals surface area contributed by atoms with Crippen molar-refractivity contribution in [1.82, 2.24) is 15.1 Å². The summed E-state index contributed by atoms with van der Waals surface area (Å²) in [6.45, 7) is 6.03. The van der Waals surface area contributed by atoms with Crippen LogP contribution in [0.15, 0.2) is 0 Å². The minimum absolute atomic E-state index is 0.688. The fourth-order valence-electron chi connectivity index (χ4n) is 2.62. The first-order chi connectivity index (χ1) is 7.22. The van der Waals surface area contributed by atoms with Crippen molar-refractivity contribution in [2.75, 3.05) is 33.7 Å². The summed E-state index contributed by atoms with van der Waals surface area (Å²) in [5.41, 5.74) is 0. The molecule has 0 aromatic heterocycles. The van der Waals surface area contributed by atoms with Gasteiger partial charge in [-0.15, -0.1) is 0 Å². The van der Waals surface area contributed by atoms with Crippen molar-refractivity contribution in [1.29, 1.82) is 0 Å². The van der Waals surface area contributed by atoms with E-state index in [0.717, 1.165) is 18.6 Å². The lowest BCUT2D eigenvalue weighted by atomic mass is 10.2. The average Bonchev–Trinajstić information content (AvgIpc) is 3.03. The minimum atomic E-state index is 0.688. The summed E-state index contributed by atoms with van der Waals surface area (Å²) in [5, 5.41) is 3.33. The van der Waals surface area contributed by atoms with E-state index in [0.29, 0.717) is 6.04 Å². The second kappa shape index (κ2) is 4.81. The Morgan fingerprint density at radius 1 is 1.27 bits per heavy atom. The van der Waals surface area contributed by atoms with Crippen LogP contribution in [0.1, 0.15) is 26.2 Å². The average molecular weight is 211 g/mol. The Morgan fingerprint density at radius 2 is 2.00 bits per heavy atom. The normalized spacial score (nSPS) is 35.4. The Balaban J connectivity index is 1.97. The molecule has 2 rings (SSSR count). The van der Waals surface area contributed by atoms with Crippen LogP contribution in [0.2, 0.25) is 0 Å². The van der Waals surface area contributed by atoms with E-state index >= 15 is 0 Å². The lowest BCUT2D eigenvalue weighted by molar-refractivity contribution is 0.172. The van der Waals surface area contributed by atoms with E-state index in [1.54, 1.807) is 0 Å². The molecule has 1 aliphatic heterocycles. The van der Waals surface area contributed by atoms with Gasteiger partial charge in [-0.05, 0) is 46.8 Å². The Labute approximate surface area is 93.8 Å². The minimum Gasteiger partial charge on any atom is -0.318 e. The van der Waals surface area contributed by atoms with E-state index in [4.69, 9.17) is 0 Å². The highest BCUT2D eigenvalue weighted by Gasteiger charge is 2.34. The quantitative estimate of drug-likeness (QED) is 0.743. The molecule has 1 heterocycles. The van der Waals surface area contributed by atoms with Crippen LogP contribution in [-0.2, 0) is 0 Å². The van der Waals surface area contributed by atoms with E-state index < -0.39 is 0 Å². The lowest BCUT2D eigenvalue weighted by Crippen LogP contribution is -2.47. The number of rotatable bonds is 3.